The van der Waals surface area contributed by atoms with Gasteiger partial charge < -0.3 is 24.5 Å². The second-order valence-corrected chi connectivity index (χ2v) is 10.4. The van der Waals surface area contributed by atoms with Gasteiger partial charge in [0.1, 0.15) is 27.9 Å². The summed E-state index contributed by atoms with van der Waals surface area (Å²) in [4.78, 5) is 41.6. The van der Waals surface area contributed by atoms with E-state index >= 15 is 0 Å². The first kappa shape index (κ1) is 26.4. The fraction of sp³-hybridized carbons (Fsp3) is 0.276. The van der Waals surface area contributed by atoms with Gasteiger partial charge in [-0.25, -0.2) is 0 Å². The Morgan fingerprint density at radius 2 is 1.79 bits per heavy atom. The number of ether oxygens (including phenoxy) is 2. The summed E-state index contributed by atoms with van der Waals surface area (Å²) in [5.41, 5.74) is 1.34. The fourth-order valence-corrected chi connectivity index (χ4v) is 5.60. The summed E-state index contributed by atoms with van der Waals surface area (Å²) in [6.45, 7) is 0.00574. The molecule has 1 aliphatic carbocycles. The van der Waals surface area contributed by atoms with Crippen LogP contribution in [0.1, 0.15) is 31.4 Å². The van der Waals surface area contributed by atoms with Crippen LogP contribution in [0.2, 0.25) is 0 Å². The number of nitrogens with one attached hydrogen (secondary N) is 2. The fourth-order valence-electron chi connectivity index (χ4n) is 4.65. The number of benzene rings is 2. The predicted molar refractivity (Wildman–Crippen MR) is 147 cm³/mol. The maximum Gasteiger partial charge on any atom is 0.278 e. The van der Waals surface area contributed by atoms with Gasteiger partial charge in [-0.15, -0.1) is 0 Å². The molecule has 1 aromatic heterocycles. The largest absolute Gasteiger partial charge is 0.497 e. The predicted octanol–water partition coefficient (Wildman–Crippen LogP) is 5.41. The maximum atomic E-state index is 13.5. The van der Waals surface area contributed by atoms with Crippen molar-refractivity contribution in [2.45, 2.75) is 37.1 Å². The minimum atomic E-state index is -0.475. The van der Waals surface area contributed by atoms with Gasteiger partial charge in [-0.2, -0.15) is 0 Å². The summed E-state index contributed by atoms with van der Waals surface area (Å²) < 4.78 is 16.1. The van der Waals surface area contributed by atoms with Crippen LogP contribution in [0.15, 0.2) is 80.8 Å². The molecule has 0 bridgehead atoms. The van der Waals surface area contributed by atoms with Crippen LogP contribution < -0.4 is 20.1 Å². The smallest absolute Gasteiger partial charge is 0.278 e. The van der Waals surface area contributed by atoms with E-state index in [0.717, 1.165) is 35.5 Å². The Hall–Kier alpha value is -4.18. The first-order valence-corrected chi connectivity index (χ1v) is 13.5. The summed E-state index contributed by atoms with van der Waals surface area (Å²) in [6, 6.07) is 15.8. The molecule has 9 nitrogen and oxygen atoms in total. The van der Waals surface area contributed by atoms with Crippen LogP contribution in [0.25, 0.3) is 0 Å². The number of hydrogen-bond acceptors (Lipinski definition) is 8. The van der Waals surface area contributed by atoms with E-state index in [1.165, 1.54) is 25.1 Å². The standard InChI is InChI=1S/C29H29N3O6S/c1-36-20-11-14-23(24(16-20)37-2)31-25-26(29(35)32(28(25)34)17-21-8-5-15-38-21)39-22-12-9-19(10-13-22)30-27(33)18-6-3-4-7-18/h5,8-16,18,31H,3-4,6-7,17H2,1-2H3,(H,30,33). The molecule has 2 heterocycles. The van der Waals surface area contributed by atoms with Gasteiger partial charge in [0.05, 0.1) is 32.7 Å². The molecule has 10 heteroatoms. The number of imide groups is 1. The van der Waals surface area contributed by atoms with Gasteiger partial charge in [-0.3, -0.25) is 19.3 Å². The van der Waals surface area contributed by atoms with Gasteiger partial charge in [0.2, 0.25) is 5.91 Å². The number of anilines is 2. The first-order valence-electron chi connectivity index (χ1n) is 12.7. The highest BCUT2D eigenvalue weighted by Gasteiger charge is 2.40. The van der Waals surface area contributed by atoms with Crippen molar-refractivity contribution < 1.29 is 28.3 Å². The zero-order chi connectivity index (χ0) is 27.4. The van der Waals surface area contributed by atoms with E-state index in [2.05, 4.69) is 10.6 Å². The van der Waals surface area contributed by atoms with Crippen LogP contribution >= 0.6 is 11.8 Å². The van der Waals surface area contributed by atoms with Crippen LogP contribution in [0.4, 0.5) is 11.4 Å². The van der Waals surface area contributed by atoms with Crippen LogP contribution in [0.3, 0.4) is 0 Å². The van der Waals surface area contributed by atoms with Gasteiger partial charge >= 0.3 is 0 Å². The molecule has 3 amide bonds. The monoisotopic (exact) mass is 547 g/mol. The molecule has 1 aliphatic heterocycles. The molecule has 2 aromatic carbocycles. The number of amides is 3. The Labute approximate surface area is 230 Å². The van der Waals surface area contributed by atoms with Gasteiger partial charge in [0.25, 0.3) is 11.8 Å². The topological polar surface area (TPSA) is 110 Å². The lowest BCUT2D eigenvalue weighted by Gasteiger charge is -2.15. The van der Waals surface area contributed by atoms with E-state index in [-0.39, 0.29) is 29.0 Å². The van der Waals surface area contributed by atoms with Crippen molar-refractivity contribution in [3.05, 3.63) is 77.2 Å². The molecular formula is C29H29N3O6S. The zero-order valence-corrected chi connectivity index (χ0v) is 22.5. The molecule has 3 aromatic rings. The van der Waals surface area contributed by atoms with E-state index in [9.17, 15) is 14.4 Å². The van der Waals surface area contributed by atoms with Crippen LogP contribution in [-0.4, -0.2) is 36.8 Å². The minimum Gasteiger partial charge on any atom is -0.497 e. The second kappa shape index (κ2) is 11.7. The molecule has 2 aliphatic rings. The Morgan fingerprint density at radius 3 is 2.46 bits per heavy atom. The Balaban J connectivity index is 1.40. The average Bonchev–Trinajstić information content (AvgIpc) is 3.72. The van der Waals surface area contributed by atoms with E-state index in [0.29, 0.717) is 28.6 Å². The normalized spacial score (nSPS) is 15.7. The van der Waals surface area contributed by atoms with Crippen molar-refractivity contribution in [2.24, 2.45) is 5.92 Å². The molecule has 1 fully saturated rings. The molecule has 0 atom stereocenters. The number of furan rings is 1. The summed E-state index contributed by atoms with van der Waals surface area (Å²) >= 11 is 1.18. The Bertz CT molecular complexity index is 1390. The second-order valence-electron chi connectivity index (χ2n) is 9.27. The van der Waals surface area contributed by atoms with Crippen molar-refractivity contribution in [3.63, 3.8) is 0 Å². The van der Waals surface area contributed by atoms with Gasteiger partial charge in [-0.05, 0) is 61.4 Å². The molecule has 202 valence electrons. The zero-order valence-electron chi connectivity index (χ0n) is 21.7. The molecular weight excluding hydrogens is 518 g/mol. The SMILES string of the molecule is COc1ccc(NC2=C(Sc3ccc(NC(=O)C4CCCC4)cc3)C(=O)N(Cc3ccco3)C2=O)c(OC)c1. The molecule has 39 heavy (non-hydrogen) atoms. The van der Waals surface area contributed by atoms with E-state index in [4.69, 9.17) is 13.9 Å². The molecule has 0 saturated heterocycles. The van der Waals surface area contributed by atoms with E-state index in [1.807, 2.05) is 12.1 Å². The van der Waals surface area contributed by atoms with E-state index < -0.39 is 11.8 Å². The summed E-state index contributed by atoms with van der Waals surface area (Å²) in [5.74, 6) is 0.738. The summed E-state index contributed by atoms with van der Waals surface area (Å²) in [5, 5.41) is 6.10. The van der Waals surface area contributed by atoms with Crippen molar-refractivity contribution >= 4 is 40.9 Å². The maximum absolute atomic E-state index is 13.5. The van der Waals surface area contributed by atoms with Crippen molar-refractivity contribution in [1.29, 1.82) is 0 Å². The lowest BCUT2D eigenvalue weighted by atomic mass is 10.1. The lowest BCUT2D eigenvalue weighted by molar-refractivity contribution is -0.138. The highest BCUT2D eigenvalue weighted by molar-refractivity contribution is 8.04. The summed E-state index contributed by atoms with van der Waals surface area (Å²) in [7, 11) is 3.07. The number of carbonyl (C=O) groups is 3. The molecule has 2 N–H and O–H groups in total. The molecule has 1 saturated carbocycles. The number of thioether (sulfide) groups is 1. The van der Waals surface area contributed by atoms with Gasteiger partial charge in [-0.1, -0.05) is 24.6 Å². The number of carbonyl (C=O) groups excluding carboxylic acids is 3. The molecule has 0 unspecified atom stereocenters. The third-order valence-corrected chi connectivity index (χ3v) is 7.85. The number of nitrogens with zero attached hydrogens (tertiary/aromatic N) is 1. The van der Waals surface area contributed by atoms with Crippen LogP contribution in [0, 0.1) is 5.92 Å². The third kappa shape index (κ3) is 5.80. The summed E-state index contributed by atoms with van der Waals surface area (Å²) in [6.07, 6.45) is 5.52. The lowest BCUT2D eigenvalue weighted by Crippen LogP contribution is -2.31. The average molecular weight is 548 g/mol. The van der Waals surface area contributed by atoms with Crippen molar-refractivity contribution in [1.82, 2.24) is 4.90 Å². The first-order chi connectivity index (χ1) is 19.0. The Morgan fingerprint density at radius 1 is 1.03 bits per heavy atom. The molecule has 5 rings (SSSR count). The third-order valence-electron chi connectivity index (χ3n) is 6.76. The number of methoxy groups -OCH3 is 2. The number of hydrogen-bond donors (Lipinski definition) is 2. The van der Waals surface area contributed by atoms with Gasteiger partial charge in [0, 0.05) is 22.6 Å². The number of rotatable bonds is 10. The van der Waals surface area contributed by atoms with E-state index in [1.54, 1.807) is 49.6 Å². The minimum absolute atomic E-state index is 0.00574. The van der Waals surface area contributed by atoms with Crippen LogP contribution in [-0.2, 0) is 20.9 Å². The van der Waals surface area contributed by atoms with Crippen molar-refractivity contribution in [3.8, 4) is 11.5 Å². The van der Waals surface area contributed by atoms with Crippen LogP contribution in [0.5, 0.6) is 11.5 Å². The quantitative estimate of drug-likeness (QED) is 0.324. The Kier molecular flexibility index (Phi) is 7.92. The molecule has 0 spiro atoms. The molecule has 0 radical (unpaired) electrons. The highest BCUT2D eigenvalue weighted by Crippen LogP contribution is 2.39. The van der Waals surface area contributed by atoms with Gasteiger partial charge in [0.15, 0.2) is 0 Å². The highest BCUT2D eigenvalue weighted by atomic mass is 32.2. The van der Waals surface area contributed by atoms with Crippen molar-refractivity contribution in [2.75, 3.05) is 24.9 Å².